The lowest BCUT2D eigenvalue weighted by Crippen LogP contribution is -2.31. The van der Waals surface area contributed by atoms with Crippen molar-refractivity contribution in [3.8, 4) is 0 Å². The van der Waals surface area contributed by atoms with Crippen molar-refractivity contribution >= 4 is 28.8 Å². The number of aromatic amines is 1. The molecule has 2 aromatic heterocycles. The first-order valence-corrected chi connectivity index (χ1v) is 8.11. The lowest BCUT2D eigenvalue weighted by molar-refractivity contribution is 0.243. The minimum Gasteiger partial charge on any atom is -0.297 e. The molecule has 3 aromatic rings. The normalized spacial score (nSPS) is 15.0. The third-order valence-electron chi connectivity index (χ3n) is 4.15. The van der Waals surface area contributed by atoms with Crippen LogP contribution < -0.4 is 5.56 Å². The summed E-state index contributed by atoms with van der Waals surface area (Å²) >= 11 is 12.4. The van der Waals surface area contributed by atoms with Gasteiger partial charge in [0.15, 0.2) is 5.65 Å². The van der Waals surface area contributed by atoms with Crippen molar-refractivity contribution < 1.29 is 0 Å². The number of rotatable bonds is 2. The summed E-state index contributed by atoms with van der Waals surface area (Å²) < 4.78 is 1.42. The summed E-state index contributed by atoms with van der Waals surface area (Å²) in [6.45, 7) is 2.24. The highest BCUT2D eigenvalue weighted by Crippen LogP contribution is 2.30. The van der Waals surface area contributed by atoms with Gasteiger partial charge < -0.3 is 0 Å². The van der Waals surface area contributed by atoms with E-state index in [1.807, 2.05) is 6.07 Å². The minimum absolute atomic E-state index is 0.0998. The summed E-state index contributed by atoms with van der Waals surface area (Å²) in [7, 11) is 0. The Balaban J connectivity index is 1.61. The molecule has 0 aliphatic carbocycles. The zero-order valence-electron chi connectivity index (χ0n) is 12.2. The van der Waals surface area contributed by atoms with Gasteiger partial charge >= 0.3 is 0 Å². The average molecular weight is 349 g/mol. The van der Waals surface area contributed by atoms with Gasteiger partial charge in [-0.1, -0.05) is 23.2 Å². The van der Waals surface area contributed by atoms with E-state index in [9.17, 15) is 4.79 Å². The number of fused-ring (bicyclic) bond motifs is 2. The van der Waals surface area contributed by atoms with Crippen LogP contribution in [0.15, 0.2) is 35.3 Å². The van der Waals surface area contributed by atoms with Crippen molar-refractivity contribution in [1.29, 1.82) is 0 Å². The van der Waals surface area contributed by atoms with Crippen LogP contribution in [-0.4, -0.2) is 26.0 Å². The molecule has 0 amide bonds. The van der Waals surface area contributed by atoms with Crippen molar-refractivity contribution in [3.05, 3.63) is 67.7 Å². The van der Waals surface area contributed by atoms with Gasteiger partial charge in [-0.2, -0.15) is 0 Å². The molecule has 23 heavy (non-hydrogen) atoms. The minimum atomic E-state index is -0.0998. The fraction of sp³-hybridized carbons (Fsp3) is 0.250. The predicted molar refractivity (Wildman–Crippen MR) is 90.1 cm³/mol. The molecule has 0 bridgehead atoms. The van der Waals surface area contributed by atoms with Crippen molar-refractivity contribution in [2.45, 2.75) is 19.5 Å². The van der Waals surface area contributed by atoms with E-state index in [0.717, 1.165) is 30.8 Å². The Morgan fingerprint density at radius 1 is 1.26 bits per heavy atom. The molecule has 1 N–H and O–H groups in total. The summed E-state index contributed by atoms with van der Waals surface area (Å²) in [5.74, 6) is 0. The van der Waals surface area contributed by atoms with E-state index in [0.29, 0.717) is 22.2 Å². The molecule has 0 unspecified atom stereocenters. The molecule has 4 rings (SSSR count). The Morgan fingerprint density at radius 3 is 3.00 bits per heavy atom. The van der Waals surface area contributed by atoms with Crippen LogP contribution in [0.3, 0.4) is 0 Å². The highest BCUT2D eigenvalue weighted by atomic mass is 35.5. The fourth-order valence-electron chi connectivity index (χ4n) is 3.06. The second-order valence-electron chi connectivity index (χ2n) is 5.73. The Bertz CT molecular complexity index is 947. The first kappa shape index (κ1) is 14.8. The van der Waals surface area contributed by atoms with E-state index in [-0.39, 0.29) is 5.56 Å². The van der Waals surface area contributed by atoms with Crippen LogP contribution in [0.5, 0.6) is 0 Å². The second-order valence-corrected chi connectivity index (χ2v) is 6.57. The molecule has 0 saturated carbocycles. The first-order chi connectivity index (χ1) is 11.1. The van der Waals surface area contributed by atoms with Crippen LogP contribution in [0, 0.1) is 0 Å². The molecule has 7 heteroatoms. The molecule has 0 atom stereocenters. The van der Waals surface area contributed by atoms with Gasteiger partial charge in [0.1, 0.15) is 0 Å². The molecule has 0 spiro atoms. The fourth-order valence-corrected chi connectivity index (χ4v) is 3.66. The van der Waals surface area contributed by atoms with Crippen molar-refractivity contribution in [2.75, 3.05) is 6.54 Å². The molecular weight excluding hydrogens is 335 g/mol. The number of nitrogens with zero attached hydrogens (tertiary/aromatic N) is 3. The van der Waals surface area contributed by atoms with Crippen molar-refractivity contribution in [1.82, 2.24) is 19.5 Å². The van der Waals surface area contributed by atoms with E-state index in [4.69, 9.17) is 23.2 Å². The van der Waals surface area contributed by atoms with E-state index >= 15 is 0 Å². The average Bonchev–Trinajstić information content (AvgIpc) is 2.97. The smallest absolute Gasteiger partial charge is 0.272 e. The molecule has 0 fully saturated rings. The Hall–Kier alpha value is -1.82. The number of hydrogen-bond acceptors (Lipinski definition) is 3. The number of benzene rings is 1. The van der Waals surface area contributed by atoms with Crippen LogP contribution >= 0.6 is 23.2 Å². The van der Waals surface area contributed by atoms with E-state index in [1.54, 1.807) is 24.4 Å². The molecule has 1 aliphatic heterocycles. The third kappa shape index (κ3) is 2.76. The monoisotopic (exact) mass is 348 g/mol. The summed E-state index contributed by atoms with van der Waals surface area (Å²) in [5, 5.41) is 4.22. The summed E-state index contributed by atoms with van der Waals surface area (Å²) in [5.41, 5.74) is 3.62. The molecule has 1 aliphatic rings. The standard InChI is InChI=1S/C16H14Cl2N4O/c17-11-5-10-2-4-21(9-13(10)14(18)6-11)8-12-7-16(23)22-15(20-12)1-3-19-22/h1,3,5-7,19H,2,4,8-9H2. The Morgan fingerprint density at radius 2 is 2.13 bits per heavy atom. The Labute approximate surface area is 142 Å². The van der Waals surface area contributed by atoms with Gasteiger partial charge in [0, 0.05) is 48.0 Å². The predicted octanol–water partition coefficient (Wildman–Crippen LogP) is 2.89. The largest absolute Gasteiger partial charge is 0.297 e. The molecule has 0 radical (unpaired) electrons. The number of H-pyrrole nitrogens is 1. The van der Waals surface area contributed by atoms with Gasteiger partial charge in [0.05, 0.1) is 5.69 Å². The van der Waals surface area contributed by atoms with Gasteiger partial charge in [0.25, 0.3) is 5.56 Å². The van der Waals surface area contributed by atoms with Gasteiger partial charge in [-0.05, 0) is 29.7 Å². The highest BCUT2D eigenvalue weighted by molar-refractivity contribution is 6.35. The SMILES string of the molecule is O=c1cc(CN2CCc3cc(Cl)cc(Cl)c3C2)nc2cc[nH]n12. The summed E-state index contributed by atoms with van der Waals surface area (Å²) in [6, 6.07) is 7.12. The van der Waals surface area contributed by atoms with Crippen LogP contribution in [0.2, 0.25) is 10.0 Å². The molecule has 0 saturated heterocycles. The number of nitrogens with one attached hydrogen (secondary N) is 1. The first-order valence-electron chi connectivity index (χ1n) is 7.35. The van der Waals surface area contributed by atoms with E-state index in [1.165, 1.54) is 10.1 Å². The topological polar surface area (TPSA) is 53.4 Å². The quantitative estimate of drug-likeness (QED) is 0.774. The van der Waals surface area contributed by atoms with Gasteiger partial charge in [-0.25, -0.2) is 9.50 Å². The maximum atomic E-state index is 12.0. The zero-order chi connectivity index (χ0) is 16.0. The lowest BCUT2D eigenvalue weighted by Gasteiger charge is -2.29. The van der Waals surface area contributed by atoms with Gasteiger partial charge in [-0.3, -0.25) is 14.8 Å². The van der Waals surface area contributed by atoms with Crippen LogP contribution in [0.1, 0.15) is 16.8 Å². The molecule has 1 aromatic carbocycles. The van der Waals surface area contributed by atoms with Gasteiger partial charge in [0.2, 0.25) is 0 Å². The number of halogens is 2. The molecule has 5 nitrogen and oxygen atoms in total. The van der Waals surface area contributed by atoms with Gasteiger partial charge in [-0.15, -0.1) is 0 Å². The maximum Gasteiger partial charge on any atom is 0.272 e. The molecular formula is C16H14Cl2N4O. The maximum absolute atomic E-state index is 12.0. The number of hydrogen-bond donors (Lipinski definition) is 1. The summed E-state index contributed by atoms with van der Waals surface area (Å²) in [4.78, 5) is 18.8. The van der Waals surface area contributed by atoms with Crippen molar-refractivity contribution in [3.63, 3.8) is 0 Å². The van der Waals surface area contributed by atoms with Crippen LogP contribution in [0.25, 0.3) is 5.65 Å². The highest BCUT2D eigenvalue weighted by Gasteiger charge is 2.20. The number of aromatic nitrogens is 3. The van der Waals surface area contributed by atoms with E-state index < -0.39 is 0 Å². The second kappa shape index (κ2) is 5.67. The van der Waals surface area contributed by atoms with Crippen LogP contribution in [0.4, 0.5) is 0 Å². The third-order valence-corrected chi connectivity index (χ3v) is 4.71. The molecule has 3 heterocycles. The van der Waals surface area contributed by atoms with Crippen LogP contribution in [-0.2, 0) is 19.5 Å². The lowest BCUT2D eigenvalue weighted by atomic mass is 9.99. The zero-order valence-corrected chi connectivity index (χ0v) is 13.7. The van der Waals surface area contributed by atoms with E-state index in [2.05, 4.69) is 15.0 Å². The molecule has 118 valence electrons. The summed E-state index contributed by atoms with van der Waals surface area (Å²) in [6.07, 6.45) is 2.59. The Kier molecular flexibility index (Phi) is 3.64. The van der Waals surface area contributed by atoms with Crippen molar-refractivity contribution in [2.24, 2.45) is 0 Å².